The van der Waals surface area contributed by atoms with Gasteiger partial charge in [0.15, 0.2) is 6.61 Å². The van der Waals surface area contributed by atoms with Crippen molar-refractivity contribution >= 4 is 27.3 Å². The molecule has 0 bridgehead atoms. The number of benzene rings is 2. The summed E-state index contributed by atoms with van der Waals surface area (Å²) in [6.07, 6.45) is -3.86. The molecule has 0 aliphatic rings. The van der Waals surface area contributed by atoms with E-state index in [9.17, 15) is 26.4 Å². The van der Waals surface area contributed by atoms with E-state index < -0.39 is 28.7 Å². The predicted octanol–water partition coefficient (Wildman–Crippen LogP) is 4.14. The lowest BCUT2D eigenvalue weighted by Gasteiger charge is -2.11. The Labute approximate surface area is 193 Å². The zero-order valence-corrected chi connectivity index (χ0v) is 18.9. The van der Waals surface area contributed by atoms with Crippen molar-refractivity contribution in [2.45, 2.75) is 24.0 Å². The first-order valence-corrected chi connectivity index (χ1v) is 12.2. The fourth-order valence-corrected chi connectivity index (χ4v) is 4.57. The number of carbonyl (C=O) groups excluding carboxylic acids is 1. The van der Waals surface area contributed by atoms with Crippen molar-refractivity contribution in [2.75, 3.05) is 13.2 Å². The number of sulfonamides is 1. The molecule has 33 heavy (non-hydrogen) atoms. The smallest absolute Gasteiger partial charge is 0.422 e. The third-order valence-corrected chi connectivity index (χ3v) is 6.84. The molecule has 1 heterocycles. The van der Waals surface area contributed by atoms with Gasteiger partial charge in [0, 0.05) is 23.5 Å². The fourth-order valence-electron chi connectivity index (χ4n) is 2.83. The number of thiophene rings is 1. The number of ether oxygens (including phenoxy) is 1. The summed E-state index contributed by atoms with van der Waals surface area (Å²) >= 11 is 1.55. The van der Waals surface area contributed by atoms with Gasteiger partial charge in [0.1, 0.15) is 5.75 Å². The van der Waals surface area contributed by atoms with E-state index in [1.54, 1.807) is 17.4 Å². The second-order valence-electron chi connectivity index (χ2n) is 6.99. The van der Waals surface area contributed by atoms with Crippen molar-refractivity contribution in [3.63, 3.8) is 0 Å². The van der Waals surface area contributed by atoms with Gasteiger partial charge in [0.05, 0.1) is 4.90 Å². The zero-order chi connectivity index (χ0) is 23.9. The maximum Gasteiger partial charge on any atom is 0.422 e. The largest absolute Gasteiger partial charge is 0.484 e. The SMILES string of the molecule is O=C(NCc1cccc(OCC(F)(F)F)c1)c1ccc(S(=O)(=O)NCCc2cccs2)cc1. The molecule has 0 saturated carbocycles. The van der Waals surface area contributed by atoms with E-state index >= 15 is 0 Å². The molecule has 0 spiro atoms. The Bertz CT molecular complexity index is 1160. The number of carbonyl (C=O) groups is 1. The van der Waals surface area contributed by atoms with E-state index in [0.717, 1.165) is 4.88 Å². The molecule has 0 saturated heterocycles. The third kappa shape index (κ3) is 7.88. The molecule has 0 radical (unpaired) electrons. The van der Waals surface area contributed by atoms with Crippen molar-refractivity contribution in [1.82, 2.24) is 10.0 Å². The van der Waals surface area contributed by atoms with Crippen LogP contribution in [0, 0.1) is 0 Å². The Morgan fingerprint density at radius 3 is 2.45 bits per heavy atom. The second-order valence-corrected chi connectivity index (χ2v) is 9.78. The molecule has 2 N–H and O–H groups in total. The number of alkyl halides is 3. The molecule has 3 rings (SSSR count). The highest BCUT2D eigenvalue weighted by Crippen LogP contribution is 2.19. The van der Waals surface area contributed by atoms with Gasteiger partial charge < -0.3 is 10.1 Å². The van der Waals surface area contributed by atoms with Gasteiger partial charge in [-0.15, -0.1) is 11.3 Å². The van der Waals surface area contributed by atoms with Crippen LogP contribution in [0.4, 0.5) is 13.2 Å². The summed E-state index contributed by atoms with van der Waals surface area (Å²) in [5.74, 6) is -0.411. The third-order valence-electron chi connectivity index (χ3n) is 4.42. The topological polar surface area (TPSA) is 84.5 Å². The summed E-state index contributed by atoms with van der Waals surface area (Å²) in [5, 5.41) is 4.56. The lowest BCUT2D eigenvalue weighted by atomic mass is 10.2. The lowest BCUT2D eigenvalue weighted by molar-refractivity contribution is -0.153. The standard InChI is InChI=1S/C22H21F3N2O4S2/c23-22(24,25)15-31-18-4-1-3-16(13-18)14-26-21(28)17-6-8-20(9-7-17)33(29,30)27-11-10-19-5-2-12-32-19/h1-9,12-13,27H,10-11,14-15H2,(H,26,28). The fraction of sp³-hybridized carbons (Fsp3) is 0.227. The maximum absolute atomic E-state index is 12.4. The van der Waals surface area contributed by atoms with Crippen molar-refractivity contribution in [1.29, 1.82) is 0 Å². The summed E-state index contributed by atoms with van der Waals surface area (Å²) < 4.78 is 68.9. The Hall–Kier alpha value is -2.89. The van der Waals surface area contributed by atoms with Crippen LogP contribution in [0.3, 0.4) is 0 Å². The van der Waals surface area contributed by atoms with Gasteiger partial charge in [-0.2, -0.15) is 13.2 Å². The average molecular weight is 499 g/mol. The number of halogens is 3. The van der Waals surface area contributed by atoms with E-state index in [4.69, 9.17) is 4.74 Å². The molecule has 0 aliphatic carbocycles. The molecular weight excluding hydrogens is 477 g/mol. The van der Waals surface area contributed by atoms with Crippen LogP contribution in [0.1, 0.15) is 20.8 Å². The van der Waals surface area contributed by atoms with Crippen molar-refractivity contribution < 1.29 is 31.1 Å². The molecule has 1 aromatic heterocycles. The Morgan fingerprint density at radius 1 is 1.03 bits per heavy atom. The first-order valence-electron chi connectivity index (χ1n) is 9.81. The van der Waals surface area contributed by atoms with E-state index in [0.29, 0.717) is 12.0 Å². The van der Waals surface area contributed by atoms with Gasteiger partial charge in [-0.1, -0.05) is 18.2 Å². The van der Waals surface area contributed by atoms with Gasteiger partial charge in [-0.05, 0) is 59.8 Å². The number of amides is 1. The molecular formula is C22H21F3N2O4S2. The molecule has 3 aromatic rings. The molecule has 0 aliphatic heterocycles. The van der Waals surface area contributed by atoms with Gasteiger partial charge in [0.25, 0.3) is 5.91 Å². The highest BCUT2D eigenvalue weighted by Gasteiger charge is 2.28. The number of nitrogens with one attached hydrogen (secondary N) is 2. The van der Waals surface area contributed by atoms with Crippen LogP contribution in [0.25, 0.3) is 0 Å². The van der Waals surface area contributed by atoms with Gasteiger partial charge in [-0.25, -0.2) is 13.1 Å². The zero-order valence-electron chi connectivity index (χ0n) is 17.3. The minimum atomic E-state index is -4.44. The van der Waals surface area contributed by atoms with Crippen LogP contribution in [-0.2, 0) is 23.0 Å². The molecule has 0 atom stereocenters. The molecule has 176 valence electrons. The molecule has 0 fully saturated rings. The molecule has 2 aromatic carbocycles. The predicted molar refractivity (Wildman–Crippen MR) is 119 cm³/mol. The minimum Gasteiger partial charge on any atom is -0.484 e. The van der Waals surface area contributed by atoms with Crippen LogP contribution in [0.5, 0.6) is 5.75 Å². The highest BCUT2D eigenvalue weighted by atomic mass is 32.2. The maximum atomic E-state index is 12.4. The summed E-state index contributed by atoms with van der Waals surface area (Å²) in [4.78, 5) is 13.5. The van der Waals surface area contributed by atoms with E-state index in [1.165, 1.54) is 42.5 Å². The van der Waals surface area contributed by atoms with E-state index in [-0.39, 0.29) is 29.3 Å². The van der Waals surface area contributed by atoms with E-state index in [2.05, 4.69) is 10.0 Å². The van der Waals surface area contributed by atoms with Gasteiger partial charge >= 0.3 is 6.18 Å². The van der Waals surface area contributed by atoms with Crippen LogP contribution in [0.2, 0.25) is 0 Å². The Morgan fingerprint density at radius 2 is 1.79 bits per heavy atom. The highest BCUT2D eigenvalue weighted by molar-refractivity contribution is 7.89. The summed E-state index contributed by atoms with van der Waals surface area (Å²) in [6, 6.07) is 15.3. The van der Waals surface area contributed by atoms with Gasteiger partial charge in [0.2, 0.25) is 10.0 Å². The quantitative estimate of drug-likeness (QED) is 0.440. The normalized spacial score (nSPS) is 11.8. The van der Waals surface area contributed by atoms with Crippen LogP contribution >= 0.6 is 11.3 Å². The average Bonchev–Trinajstić information content (AvgIpc) is 3.29. The number of hydrogen-bond acceptors (Lipinski definition) is 5. The molecule has 0 unspecified atom stereocenters. The van der Waals surface area contributed by atoms with Crippen molar-refractivity contribution in [3.8, 4) is 5.75 Å². The Balaban J connectivity index is 1.52. The molecule has 1 amide bonds. The Kier molecular flexibility index (Phi) is 8.11. The van der Waals surface area contributed by atoms with E-state index in [1.807, 2.05) is 17.5 Å². The van der Waals surface area contributed by atoms with Crippen LogP contribution < -0.4 is 14.8 Å². The first kappa shape index (κ1) is 24.7. The first-order chi connectivity index (χ1) is 15.6. The summed E-state index contributed by atoms with van der Waals surface area (Å²) in [5.41, 5.74) is 0.800. The second kappa shape index (κ2) is 10.8. The molecule has 11 heteroatoms. The van der Waals surface area contributed by atoms with Crippen molar-refractivity contribution in [2.24, 2.45) is 0 Å². The summed E-state index contributed by atoms with van der Waals surface area (Å²) in [6.45, 7) is -1.08. The minimum absolute atomic E-state index is 0.0414. The van der Waals surface area contributed by atoms with Crippen LogP contribution in [-0.4, -0.2) is 33.7 Å². The van der Waals surface area contributed by atoms with Gasteiger partial charge in [-0.3, -0.25) is 4.79 Å². The van der Waals surface area contributed by atoms with Crippen molar-refractivity contribution in [3.05, 3.63) is 82.0 Å². The lowest BCUT2D eigenvalue weighted by Crippen LogP contribution is -2.26. The monoisotopic (exact) mass is 498 g/mol. The number of rotatable bonds is 10. The number of hydrogen-bond donors (Lipinski definition) is 2. The molecule has 6 nitrogen and oxygen atoms in total. The van der Waals surface area contributed by atoms with Crippen LogP contribution in [0.15, 0.2) is 70.9 Å². The summed E-state index contributed by atoms with van der Waals surface area (Å²) in [7, 11) is -3.70.